The lowest BCUT2D eigenvalue weighted by Gasteiger charge is -2.32. The van der Waals surface area contributed by atoms with Crippen molar-refractivity contribution < 1.29 is 18.9 Å². The van der Waals surface area contributed by atoms with Gasteiger partial charge in [-0.3, -0.25) is 9.59 Å². The molecule has 3 heterocycles. The average Bonchev–Trinajstić information content (AvgIpc) is 3.72. The molecule has 0 spiro atoms. The minimum absolute atomic E-state index is 0.0108. The third-order valence-corrected chi connectivity index (χ3v) is 9.26. The number of rotatable bonds is 5. The summed E-state index contributed by atoms with van der Waals surface area (Å²) in [6.45, 7) is 11.7. The van der Waals surface area contributed by atoms with Gasteiger partial charge in [-0.15, -0.1) is 5.10 Å². The molecule has 6 rings (SSSR count). The number of piperidine rings is 1. The Labute approximate surface area is 256 Å². The number of carbonyl (C=O) groups excluding carboxylic acids is 2. The van der Waals surface area contributed by atoms with Gasteiger partial charge < -0.3 is 25.3 Å². The highest BCUT2D eigenvalue weighted by molar-refractivity contribution is 9.10. The number of nitrogens with two attached hydrogens (primary N) is 1. The Morgan fingerprint density at radius 2 is 1.69 bits per heavy atom. The van der Waals surface area contributed by atoms with E-state index < -0.39 is 7.12 Å². The number of hydrogen-bond donors (Lipinski definition) is 2. The molecular weight excluding hydrogens is 597 g/mol. The summed E-state index contributed by atoms with van der Waals surface area (Å²) in [4.78, 5) is 25.6. The molecule has 3 aliphatic rings. The van der Waals surface area contributed by atoms with E-state index in [4.69, 9.17) is 15.0 Å². The number of nitrogens with zero attached hydrogens (tertiary/aromatic N) is 3. The summed E-state index contributed by atoms with van der Waals surface area (Å²) in [5.74, 6) is 0.666. The minimum Gasteiger partial charge on any atom is -0.399 e. The van der Waals surface area contributed by atoms with Crippen molar-refractivity contribution in [2.24, 2.45) is 11.7 Å². The van der Waals surface area contributed by atoms with Gasteiger partial charge in [-0.05, 0) is 96.1 Å². The van der Waals surface area contributed by atoms with Crippen LogP contribution in [0, 0.1) is 12.8 Å². The molecule has 1 aromatic heterocycles. The number of nitrogens with one attached hydrogen (secondary N) is 1. The lowest BCUT2D eigenvalue weighted by atomic mass is 9.75. The van der Waals surface area contributed by atoms with Crippen LogP contribution in [0.2, 0.25) is 0 Å². The molecule has 3 aromatic rings. The predicted octanol–water partition coefficient (Wildman–Crippen LogP) is 4.28. The molecule has 0 radical (unpaired) electrons. The van der Waals surface area contributed by atoms with E-state index in [-0.39, 0.29) is 28.9 Å². The van der Waals surface area contributed by atoms with Gasteiger partial charge in [-0.2, -0.15) is 5.10 Å². The number of anilines is 1. The molecular formula is C31H39BBrN5O4. The van der Waals surface area contributed by atoms with Gasteiger partial charge in [0, 0.05) is 45.9 Å². The maximum atomic E-state index is 12.2. The fourth-order valence-electron chi connectivity index (χ4n) is 5.16. The normalized spacial score (nSPS) is 19.8. The molecule has 2 saturated heterocycles. The number of hydrogen-bond acceptors (Lipinski definition) is 7. The maximum Gasteiger partial charge on any atom is 0.495 e. The highest BCUT2D eigenvalue weighted by atomic mass is 79.9. The van der Waals surface area contributed by atoms with Crippen molar-refractivity contribution in [3.05, 3.63) is 58.2 Å². The average molecular weight is 636 g/mol. The summed E-state index contributed by atoms with van der Waals surface area (Å²) in [5, 5.41) is 13.5. The number of aromatic nitrogens is 2. The first-order valence-corrected chi connectivity index (χ1v) is 15.4. The second-order valence-corrected chi connectivity index (χ2v) is 13.4. The number of fused-ring (bicyclic) bond motifs is 1. The van der Waals surface area contributed by atoms with Gasteiger partial charge in [-0.1, -0.05) is 27.6 Å². The first-order valence-electron chi connectivity index (χ1n) is 14.6. The Bertz CT molecular complexity index is 1470. The summed E-state index contributed by atoms with van der Waals surface area (Å²) >= 11 is 3.46. The summed E-state index contributed by atoms with van der Waals surface area (Å²) in [6, 6.07) is 12.2. The molecule has 3 N–H and O–H groups in total. The minimum atomic E-state index is -0.432. The largest absolute Gasteiger partial charge is 0.495 e. The van der Waals surface area contributed by atoms with E-state index in [1.165, 1.54) is 0 Å². The van der Waals surface area contributed by atoms with E-state index in [9.17, 15) is 9.59 Å². The van der Waals surface area contributed by atoms with Crippen LogP contribution in [0.15, 0.2) is 47.1 Å². The molecule has 0 unspecified atom stereocenters. The molecule has 0 bridgehead atoms. The Morgan fingerprint density at radius 3 is 2.31 bits per heavy atom. The van der Waals surface area contributed by atoms with E-state index >= 15 is 0 Å². The molecule has 2 aromatic carbocycles. The summed E-state index contributed by atoms with van der Waals surface area (Å²) in [5.41, 5.74) is 7.28. The van der Waals surface area contributed by atoms with Crippen molar-refractivity contribution in [2.75, 3.05) is 18.0 Å². The molecule has 42 heavy (non-hydrogen) atoms. The number of benzene rings is 2. The van der Waals surface area contributed by atoms with E-state index in [1.54, 1.807) is 6.20 Å². The number of primary amides is 1. The molecule has 11 heteroatoms. The van der Waals surface area contributed by atoms with Crippen molar-refractivity contribution in [3.8, 4) is 0 Å². The van der Waals surface area contributed by atoms with Crippen LogP contribution in [0.1, 0.15) is 69.3 Å². The fourth-order valence-corrected chi connectivity index (χ4v) is 5.53. The van der Waals surface area contributed by atoms with E-state index in [0.29, 0.717) is 11.6 Å². The molecule has 0 atom stereocenters. The number of carbonyl (C=O) groups is 2. The lowest BCUT2D eigenvalue weighted by Crippen LogP contribution is -2.41. The summed E-state index contributed by atoms with van der Waals surface area (Å²) < 4.78 is 13.2. The number of amides is 2. The van der Waals surface area contributed by atoms with Crippen LogP contribution in [0.3, 0.4) is 0 Å². The zero-order valence-corrected chi connectivity index (χ0v) is 26.5. The topological polar surface area (TPSA) is 120 Å². The Hall–Kier alpha value is -3.02. The van der Waals surface area contributed by atoms with Crippen LogP contribution in [0.25, 0.3) is 10.8 Å². The van der Waals surface area contributed by atoms with Gasteiger partial charge in [-0.25, -0.2) is 0 Å². The zero-order chi connectivity index (χ0) is 30.2. The molecule has 1 saturated carbocycles. The Balaban J connectivity index is 0.000000169. The molecule has 2 amide bonds. The van der Waals surface area contributed by atoms with Crippen LogP contribution in [0.4, 0.5) is 5.82 Å². The van der Waals surface area contributed by atoms with Gasteiger partial charge in [0.05, 0.1) is 17.4 Å². The predicted molar refractivity (Wildman–Crippen MR) is 169 cm³/mol. The van der Waals surface area contributed by atoms with Crippen molar-refractivity contribution in [1.82, 2.24) is 15.5 Å². The second-order valence-electron chi connectivity index (χ2n) is 12.5. The standard InChI is InChI=1S/C17H24BNO3.C14H15BrN4O/c1-11-6-7-12(15(20)19-13-8-9-13)10-14(11)18-21-16(2,3)17(4,5)22-18;15-11-1-2-12-10(7-11)8-17-18-14(12)19-5-3-9(4-6-19)13(16)20/h6-7,10,13H,8-9H2,1-5H3,(H,19,20);1-2,7-9H,3-6H2,(H2,16,20). The van der Waals surface area contributed by atoms with Crippen molar-refractivity contribution in [1.29, 1.82) is 0 Å². The molecule has 9 nitrogen and oxygen atoms in total. The van der Waals surface area contributed by atoms with Gasteiger partial charge in [0.25, 0.3) is 5.91 Å². The zero-order valence-electron chi connectivity index (χ0n) is 24.9. The Kier molecular flexibility index (Phi) is 8.65. The highest BCUT2D eigenvalue weighted by Gasteiger charge is 2.52. The highest BCUT2D eigenvalue weighted by Crippen LogP contribution is 2.37. The van der Waals surface area contributed by atoms with Crippen molar-refractivity contribution in [2.45, 2.75) is 77.5 Å². The SMILES string of the molecule is Cc1ccc(C(=O)NC2CC2)cc1B1OC(C)(C)C(C)(C)O1.NC(=O)C1CCN(c2nncc3cc(Br)ccc23)CC1. The summed E-state index contributed by atoms with van der Waals surface area (Å²) in [6.07, 6.45) is 5.50. The summed E-state index contributed by atoms with van der Waals surface area (Å²) in [7, 11) is -0.432. The van der Waals surface area contributed by atoms with E-state index in [0.717, 1.165) is 70.9 Å². The number of halogens is 1. The van der Waals surface area contributed by atoms with Gasteiger partial charge in [0.1, 0.15) is 0 Å². The first kappa shape index (κ1) is 30.4. The van der Waals surface area contributed by atoms with Crippen LogP contribution < -0.4 is 21.4 Å². The van der Waals surface area contributed by atoms with E-state index in [1.807, 2.05) is 71.0 Å². The van der Waals surface area contributed by atoms with Crippen molar-refractivity contribution >= 4 is 56.9 Å². The smallest absolute Gasteiger partial charge is 0.399 e. The fraction of sp³-hybridized carbons (Fsp3) is 0.484. The molecule has 2 aliphatic heterocycles. The molecule has 1 aliphatic carbocycles. The van der Waals surface area contributed by atoms with Crippen LogP contribution in [0.5, 0.6) is 0 Å². The second kappa shape index (κ2) is 11.9. The van der Waals surface area contributed by atoms with Gasteiger partial charge in [0.15, 0.2) is 5.82 Å². The monoisotopic (exact) mass is 635 g/mol. The van der Waals surface area contributed by atoms with Gasteiger partial charge in [0.2, 0.25) is 5.91 Å². The maximum absolute atomic E-state index is 12.2. The van der Waals surface area contributed by atoms with Crippen LogP contribution in [-0.4, -0.2) is 59.5 Å². The first-order chi connectivity index (χ1) is 19.8. The van der Waals surface area contributed by atoms with Gasteiger partial charge >= 0.3 is 7.12 Å². The van der Waals surface area contributed by atoms with Crippen molar-refractivity contribution in [3.63, 3.8) is 0 Å². The number of aryl methyl sites for hydroxylation is 1. The molecule has 222 valence electrons. The third kappa shape index (κ3) is 6.63. The van der Waals surface area contributed by atoms with E-state index in [2.05, 4.69) is 36.3 Å². The quantitative estimate of drug-likeness (QED) is 0.402. The lowest BCUT2D eigenvalue weighted by molar-refractivity contribution is -0.122. The Morgan fingerprint density at radius 1 is 1.02 bits per heavy atom. The van der Waals surface area contributed by atoms with Crippen LogP contribution in [-0.2, 0) is 14.1 Å². The molecule has 3 fully saturated rings. The van der Waals surface area contributed by atoms with Crippen LogP contribution >= 0.6 is 15.9 Å². The third-order valence-electron chi connectivity index (χ3n) is 8.76.